The van der Waals surface area contributed by atoms with Gasteiger partial charge in [-0.05, 0) is 73.4 Å². The molecule has 0 radical (unpaired) electrons. The first kappa shape index (κ1) is 24.2. The van der Waals surface area contributed by atoms with Crippen molar-refractivity contribution in [2.45, 2.75) is 49.5 Å². The van der Waals surface area contributed by atoms with Crippen LogP contribution in [0, 0.1) is 18.7 Å². The summed E-state index contributed by atoms with van der Waals surface area (Å²) in [5, 5.41) is 4.90. The van der Waals surface area contributed by atoms with Crippen molar-refractivity contribution in [2.24, 2.45) is 5.92 Å². The molecule has 0 N–H and O–H groups in total. The Morgan fingerprint density at radius 2 is 1.89 bits per heavy atom. The van der Waals surface area contributed by atoms with Gasteiger partial charge in [0.15, 0.2) is 0 Å². The molecule has 194 valence electrons. The summed E-state index contributed by atoms with van der Waals surface area (Å²) in [5.41, 5.74) is 1.53. The normalized spacial score (nSPS) is 23.3. The number of hydrogen-bond acceptors (Lipinski definition) is 3. The highest BCUT2D eigenvalue weighted by molar-refractivity contribution is 7.89. The van der Waals surface area contributed by atoms with E-state index in [1.165, 1.54) is 28.8 Å². The monoisotopic (exact) mass is 528 g/mol. The molecule has 2 fully saturated rings. The highest BCUT2D eigenvalue weighted by atomic mass is 32.2. The molecule has 1 saturated carbocycles. The summed E-state index contributed by atoms with van der Waals surface area (Å²) in [4.78, 5) is 0.0390. The van der Waals surface area contributed by atoms with Gasteiger partial charge in [-0.2, -0.15) is 9.40 Å². The Bertz CT molecular complexity index is 1610. The Morgan fingerprint density at radius 1 is 1.14 bits per heavy atom. The van der Waals surface area contributed by atoms with E-state index < -0.39 is 27.3 Å². The molecule has 2 aromatic carbocycles. The van der Waals surface area contributed by atoms with E-state index in [1.807, 2.05) is 42.8 Å². The highest BCUT2D eigenvalue weighted by Crippen LogP contribution is 2.71. The van der Waals surface area contributed by atoms with Crippen molar-refractivity contribution in [3.63, 3.8) is 0 Å². The lowest BCUT2D eigenvalue weighted by Crippen LogP contribution is -2.40. The van der Waals surface area contributed by atoms with Gasteiger partial charge in [0, 0.05) is 43.1 Å². The van der Waals surface area contributed by atoms with Crippen LogP contribution < -0.4 is 0 Å². The summed E-state index contributed by atoms with van der Waals surface area (Å²) in [6.45, 7) is 4.16. The third-order valence-electron chi connectivity index (χ3n) is 8.01. The van der Waals surface area contributed by atoms with E-state index in [4.69, 9.17) is 0 Å². The van der Waals surface area contributed by atoms with Crippen LogP contribution in [0.2, 0.25) is 0 Å². The quantitative estimate of drug-likeness (QED) is 0.342. The number of aromatic nitrogens is 3. The maximum atomic E-state index is 15.5. The van der Waals surface area contributed by atoms with Crippen LogP contribution in [-0.2, 0) is 22.0 Å². The van der Waals surface area contributed by atoms with E-state index in [1.54, 1.807) is 16.8 Å². The van der Waals surface area contributed by atoms with Crippen LogP contribution in [0.3, 0.4) is 0 Å². The molecule has 6 nitrogen and oxygen atoms in total. The SMILES string of the molecule is CCCn1cc(S(=O)(=O)N2CCC3(c4cc5ccn(-c6ccc(F)cc6)c5cc4C)C(C2)C3(F)F)cn1. The van der Waals surface area contributed by atoms with Crippen molar-refractivity contribution in [3.05, 3.63) is 78.0 Å². The maximum absolute atomic E-state index is 15.5. The van der Waals surface area contributed by atoms with Gasteiger partial charge in [-0.1, -0.05) is 6.92 Å². The summed E-state index contributed by atoms with van der Waals surface area (Å²) < 4.78 is 75.5. The van der Waals surface area contributed by atoms with E-state index in [-0.39, 0.29) is 30.2 Å². The molecule has 1 saturated heterocycles. The summed E-state index contributed by atoms with van der Waals surface area (Å²) >= 11 is 0. The fourth-order valence-corrected chi connectivity index (χ4v) is 7.44. The number of hydrogen-bond donors (Lipinski definition) is 0. The predicted molar refractivity (Wildman–Crippen MR) is 134 cm³/mol. The molecule has 2 aromatic heterocycles. The number of sulfonamides is 1. The molecule has 1 aliphatic heterocycles. The number of fused-ring (bicyclic) bond motifs is 2. The lowest BCUT2D eigenvalue weighted by molar-refractivity contribution is 0.0777. The third-order valence-corrected chi connectivity index (χ3v) is 9.83. The van der Waals surface area contributed by atoms with Crippen LogP contribution >= 0.6 is 0 Å². The van der Waals surface area contributed by atoms with Crippen molar-refractivity contribution in [1.29, 1.82) is 0 Å². The second kappa shape index (κ2) is 8.19. The van der Waals surface area contributed by atoms with Crippen molar-refractivity contribution in [1.82, 2.24) is 18.7 Å². The summed E-state index contributed by atoms with van der Waals surface area (Å²) in [6.07, 6.45) is 5.45. The largest absolute Gasteiger partial charge is 0.317 e. The minimum atomic E-state index is -3.91. The first-order chi connectivity index (χ1) is 17.6. The predicted octanol–water partition coefficient (Wildman–Crippen LogP) is 5.28. The van der Waals surface area contributed by atoms with Crippen molar-refractivity contribution >= 4 is 20.9 Å². The lowest BCUT2D eigenvalue weighted by atomic mass is 9.84. The standard InChI is InChI=1S/C27H27F3N4O2S/c1-3-10-32-16-22(15-31-32)37(35,36)33-12-9-26(25(17-33)27(26,29)30)23-14-19-8-11-34(24(19)13-18(23)2)21-6-4-20(28)5-7-21/h4-8,11,13-16,25H,3,9-10,12,17H2,1-2H3. The maximum Gasteiger partial charge on any atom is 0.263 e. The molecular formula is C27H27F3N4O2S. The van der Waals surface area contributed by atoms with Gasteiger partial charge in [-0.3, -0.25) is 4.68 Å². The van der Waals surface area contributed by atoms with Gasteiger partial charge in [0.1, 0.15) is 10.7 Å². The molecule has 2 aliphatic rings. The Morgan fingerprint density at radius 3 is 2.59 bits per heavy atom. The van der Waals surface area contributed by atoms with Crippen molar-refractivity contribution in [3.8, 4) is 5.69 Å². The number of piperidine rings is 1. The van der Waals surface area contributed by atoms with Gasteiger partial charge >= 0.3 is 0 Å². The van der Waals surface area contributed by atoms with Crippen molar-refractivity contribution < 1.29 is 21.6 Å². The van der Waals surface area contributed by atoms with Crippen LogP contribution in [0.1, 0.15) is 30.9 Å². The molecule has 3 heterocycles. The molecule has 2 atom stereocenters. The average Bonchev–Trinajstić information content (AvgIpc) is 3.27. The minimum Gasteiger partial charge on any atom is -0.317 e. The molecule has 37 heavy (non-hydrogen) atoms. The Hall–Kier alpha value is -3.11. The van der Waals surface area contributed by atoms with Crippen molar-refractivity contribution in [2.75, 3.05) is 13.1 Å². The van der Waals surface area contributed by atoms with Gasteiger partial charge < -0.3 is 4.57 Å². The Labute approximate surface area is 213 Å². The summed E-state index contributed by atoms with van der Waals surface area (Å²) in [7, 11) is -3.91. The second-order valence-electron chi connectivity index (χ2n) is 10.1. The van der Waals surface area contributed by atoms with Gasteiger partial charge in [0.2, 0.25) is 10.0 Å². The fourth-order valence-electron chi connectivity index (χ4n) is 6.03. The van der Waals surface area contributed by atoms with E-state index in [9.17, 15) is 12.8 Å². The van der Waals surface area contributed by atoms with E-state index >= 15 is 8.78 Å². The first-order valence-corrected chi connectivity index (χ1v) is 13.8. The summed E-state index contributed by atoms with van der Waals surface area (Å²) in [6, 6.07) is 11.7. The third kappa shape index (κ3) is 3.49. The zero-order valence-corrected chi connectivity index (χ0v) is 21.4. The summed E-state index contributed by atoms with van der Waals surface area (Å²) in [5.74, 6) is -4.44. The van der Waals surface area contributed by atoms with Crippen LogP contribution in [-0.4, -0.2) is 46.1 Å². The fraction of sp³-hybridized carbons (Fsp3) is 0.370. The van der Waals surface area contributed by atoms with Gasteiger partial charge in [-0.25, -0.2) is 21.6 Å². The minimum absolute atomic E-state index is 0.0153. The number of rotatable bonds is 6. The van der Waals surface area contributed by atoms with E-state index in [0.29, 0.717) is 12.1 Å². The highest BCUT2D eigenvalue weighted by Gasteiger charge is 2.82. The molecule has 0 amide bonds. The van der Waals surface area contributed by atoms with Crippen LogP contribution in [0.25, 0.3) is 16.6 Å². The Balaban J connectivity index is 1.32. The van der Waals surface area contributed by atoms with E-state index in [0.717, 1.165) is 28.6 Å². The molecule has 10 heteroatoms. The number of alkyl halides is 2. The molecule has 1 aliphatic carbocycles. The second-order valence-corrected chi connectivity index (χ2v) is 12.0. The van der Waals surface area contributed by atoms with Gasteiger partial charge in [0.05, 0.1) is 23.0 Å². The lowest BCUT2D eigenvalue weighted by Gasteiger charge is -2.30. The van der Waals surface area contributed by atoms with Gasteiger partial charge in [0.25, 0.3) is 5.92 Å². The van der Waals surface area contributed by atoms with Crippen LogP contribution in [0.15, 0.2) is 66.0 Å². The van der Waals surface area contributed by atoms with Crippen LogP contribution in [0.5, 0.6) is 0 Å². The molecule has 4 aromatic rings. The molecule has 6 rings (SSSR count). The van der Waals surface area contributed by atoms with Gasteiger partial charge in [-0.15, -0.1) is 0 Å². The molecular weight excluding hydrogens is 501 g/mol. The average molecular weight is 529 g/mol. The Kier molecular flexibility index (Phi) is 5.37. The molecule has 0 bridgehead atoms. The molecule has 2 unspecified atom stereocenters. The topological polar surface area (TPSA) is 60.1 Å². The van der Waals surface area contributed by atoms with Crippen LogP contribution in [0.4, 0.5) is 13.2 Å². The first-order valence-electron chi connectivity index (χ1n) is 12.4. The smallest absolute Gasteiger partial charge is 0.263 e. The number of halogens is 3. The number of benzene rings is 2. The van der Waals surface area contributed by atoms with E-state index in [2.05, 4.69) is 5.10 Å². The number of nitrogens with zero attached hydrogens (tertiary/aromatic N) is 4. The zero-order valence-electron chi connectivity index (χ0n) is 20.5. The molecule has 0 spiro atoms. The number of aryl methyl sites for hydroxylation is 2. The zero-order chi connectivity index (χ0) is 26.2.